The van der Waals surface area contributed by atoms with Crippen LogP contribution in [0.25, 0.3) is 11.3 Å². The van der Waals surface area contributed by atoms with Crippen molar-refractivity contribution in [3.05, 3.63) is 39.5 Å². The Labute approximate surface area is 133 Å². The maximum atomic E-state index is 14.3. The number of nitrogens with two attached hydrogens (primary N) is 1. The summed E-state index contributed by atoms with van der Waals surface area (Å²) < 4.78 is 33.4. The topological polar surface area (TPSA) is 86.7 Å². The van der Waals surface area contributed by atoms with Crippen molar-refractivity contribution >= 4 is 34.9 Å². The second-order valence-corrected chi connectivity index (χ2v) is 4.95. The molecule has 4 N–H and O–H groups in total. The van der Waals surface area contributed by atoms with E-state index < -0.39 is 39.7 Å². The van der Waals surface area contributed by atoms with E-state index in [0.717, 1.165) is 6.07 Å². The lowest BCUT2D eigenvalue weighted by atomic mass is 10.1. The molecule has 0 saturated carbocycles. The van der Waals surface area contributed by atoms with E-state index >= 15 is 0 Å². The number of nitrogens with one attached hydrogen (secondary N) is 1. The zero-order valence-corrected chi connectivity index (χ0v) is 12.5. The van der Waals surface area contributed by atoms with Gasteiger partial charge in [0.05, 0.1) is 17.7 Å². The predicted octanol–water partition coefficient (Wildman–Crippen LogP) is 3.04. The highest BCUT2D eigenvalue weighted by Gasteiger charge is 2.30. The molecule has 22 heavy (non-hydrogen) atoms. The van der Waals surface area contributed by atoms with E-state index in [1.165, 1.54) is 13.2 Å². The van der Waals surface area contributed by atoms with Crippen LogP contribution in [-0.2, 0) is 0 Å². The Bertz CT molecular complexity index is 785. The van der Waals surface area contributed by atoms with Gasteiger partial charge in [0.1, 0.15) is 10.7 Å². The Kier molecular flexibility index (Phi) is 4.39. The van der Waals surface area contributed by atoms with Gasteiger partial charge in [0.15, 0.2) is 11.6 Å². The van der Waals surface area contributed by atoms with Gasteiger partial charge in [-0.15, -0.1) is 0 Å². The molecule has 0 aliphatic heterocycles. The van der Waals surface area contributed by atoms with Gasteiger partial charge >= 0.3 is 11.7 Å². The average molecular weight is 350 g/mol. The number of aromatic carboxylic acids is 1. The molecule has 0 amide bonds. The number of aromatic amines is 1. The molecule has 0 atom stereocenters. The van der Waals surface area contributed by atoms with Gasteiger partial charge in [0, 0.05) is 0 Å². The summed E-state index contributed by atoms with van der Waals surface area (Å²) in [6.45, 7) is 0. The van der Waals surface area contributed by atoms with Crippen molar-refractivity contribution in [2.24, 2.45) is 0 Å². The van der Waals surface area contributed by atoms with Gasteiger partial charge in [-0.1, -0.05) is 23.2 Å². The number of carbonyl (C=O) groups is 1. The normalized spacial score (nSPS) is 10.6. The Balaban J connectivity index is 2.81. The maximum Gasteiger partial charge on any atom is 0.402 e. The second-order valence-electron chi connectivity index (χ2n) is 4.16. The quantitative estimate of drug-likeness (QED) is 0.891. The molecular weight excluding hydrogens is 341 g/mol. The number of methoxy groups -OCH3 is 1. The van der Waals surface area contributed by atoms with Gasteiger partial charge in [-0.3, -0.25) is 0 Å². The Morgan fingerprint density at radius 1 is 1.32 bits per heavy atom. The minimum atomic E-state index is -1.47. The van der Waals surface area contributed by atoms with E-state index in [0.29, 0.717) is 0 Å². The third-order valence-electron chi connectivity index (χ3n) is 2.90. The molecule has 1 heterocycles. The number of hydrogen-bond donors (Lipinski definition) is 2. The zero-order valence-electron chi connectivity index (χ0n) is 11.0. The van der Waals surface area contributed by atoms with Gasteiger partial charge in [0.25, 0.3) is 5.69 Å². The fourth-order valence-electron chi connectivity index (χ4n) is 1.85. The molecule has 0 bridgehead atoms. The molecule has 9 heteroatoms. The van der Waals surface area contributed by atoms with Crippen molar-refractivity contribution in [1.82, 2.24) is 0 Å². The van der Waals surface area contributed by atoms with Gasteiger partial charge in [0.2, 0.25) is 5.82 Å². The lowest BCUT2D eigenvalue weighted by Crippen LogP contribution is -2.23. The number of aromatic nitrogens is 1. The molecule has 2 aromatic rings. The van der Waals surface area contributed by atoms with E-state index in [1.807, 2.05) is 0 Å². The summed E-state index contributed by atoms with van der Waals surface area (Å²) in [5.74, 6) is -3.84. The fourth-order valence-corrected chi connectivity index (χ4v) is 2.28. The van der Waals surface area contributed by atoms with Crippen LogP contribution in [0.2, 0.25) is 10.0 Å². The van der Waals surface area contributed by atoms with Crippen molar-refractivity contribution in [1.29, 1.82) is 0 Å². The van der Waals surface area contributed by atoms with E-state index in [-0.39, 0.29) is 16.3 Å². The van der Waals surface area contributed by atoms with Crippen LogP contribution >= 0.6 is 23.2 Å². The summed E-state index contributed by atoms with van der Waals surface area (Å²) in [5, 5.41) is 8.51. The van der Waals surface area contributed by atoms with Gasteiger partial charge < -0.3 is 15.6 Å². The molecule has 1 aromatic heterocycles. The molecule has 0 radical (unpaired) electrons. The lowest BCUT2D eigenvalue weighted by Gasteiger charge is -2.08. The molecule has 0 unspecified atom stereocenters. The number of rotatable bonds is 3. The standard InChI is InChI=1S/C13H8Cl2F2N2O3/c1-22-12-5(14)3-2-4(7(12)16)10-8(17)9(18)6(15)11(19-10)13(20)21/h2-3H,1H3,(H2,18,19)(H,20,21)/p+1. The number of nitrogen functional groups attached to an aromatic ring is 1. The highest BCUT2D eigenvalue weighted by Crippen LogP contribution is 2.36. The van der Waals surface area contributed by atoms with Crippen LogP contribution in [0.1, 0.15) is 10.5 Å². The van der Waals surface area contributed by atoms with Crippen LogP contribution in [0.15, 0.2) is 12.1 Å². The molecule has 5 nitrogen and oxygen atoms in total. The van der Waals surface area contributed by atoms with Crippen LogP contribution in [0.5, 0.6) is 5.75 Å². The fraction of sp³-hybridized carbons (Fsp3) is 0.0769. The number of carboxylic acid groups (broad SMARTS) is 1. The van der Waals surface area contributed by atoms with Crippen LogP contribution < -0.4 is 15.5 Å². The van der Waals surface area contributed by atoms with E-state index in [1.54, 1.807) is 0 Å². The number of anilines is 1. The summed E-state index contributed by atoms with van der Waals surface area (Å²) in [5.41, 5.74) is 3.48. The highest BCUT2D eigenvalue weighted by molar-refractivity contribution is 6.35. The first-order valence-electron chi connectivity index (χ1n) is 5.75. The van der Waals surface area contributed by atoms with Crippen molar-refractivity contribution < 1.29 is 28.4 Å². The summed E-state index contributed by atoms with van der Waals surface area (Å²) in [4.78, 5) is 13.3. The average Bonchev–Trinajstić information content (AvgIpc) is 2.46. The maximum absolute atomic E-state index is 14.3. The number of halogens is 4. The number of benzene rings is 1. The molecule has 0 fully saturated rings. The monoisotopic (exact) mass is 349 g/mol. The second kappa shape index (κ2) is 5.94. The molecular formula is C13H9Cl2F2N2O3+. The third-order valence-corrected chi connectivity index (χ3v) is 3.59. The lowest BCUT2D eigenvalue weighted by molar-refractivity contribution is -0.372. The SMILES string of the molecule is COc1c(Cl)ccc(-c2[nH+]c(C(=O)O)c(Cl)c(N)c2F)c1F. The molecule has 0 saturated heterocycles. The van der Waals surface area contributed by atoms with Gasteiger partial charge in [-0.2, -0.15) is 9.37 Å². The smallest absolute Gasteiger partial charge is 0.402 e. The van der Waals surface area contributed by atoms with Crippen LogP contribution in [0.4, 0.5) is 14.5 Å². The number of carboxylic acids is 1. The van der Waals surface area contributed by atoms with Crippen molar-refractivity contribution in [2.45, 2.75) is 0 Å². The Morgan fingerprint density at radius 2 is 1.95 bits per heavy atom. The van der Waals surface area contributed by atoms with Crippen LogP contribution in [0, 0.1) is 11.6 Å². The third kappa shape index (κ3) is 2.53. The Hall–Kier alpha value is -2.12. The summed E-state index contributed by atoms with van der Waals surface area (Å²) in [6.07, 6.45) is 0. The highest BCUT2D eigenvalue weighted by atomic mass is 35.5. The van der Waals surface area contributed by atoms with E-state index in [9.17, 15) is 13.6 Å². The van der Waals surface area contributed by atoms with Crippen molar-refractivity contribution in [2.75, 3.05) is 12.8 Å². The summed E-state index contributed by atoms with van der Waals surface area (Å²) >= 11 is 11.4. The molecule has 0 aliphatic rings. The first kappa shape index (κ1) is 16.3. The summed E-state index contributed by atoms with van der Waals surface area (Å²) in [6, 6.07) is 2.44. The first-order valence-corrected chi connectivity index (χ1v) is 6.50. The molecule has 1 aromatic carbocycles. The number of pyridine rings is 1. The molecule has 0 spiro atoms. The van der Waals surface area contributed by atoms with Gasteiger partial charge in [-0.05, 0) is 12.1 Å². The number of ether oxygens (including phenoxy) is 1. The first-order chi connectivity index (χ1) is 10.3. The largest absolute Gasteiger partial charge is 0.492 e. The van der Waals surface area contributed by atoms with Crippen LogP contribution in [0.3, 0.4) is 0 Å². The number of H-pyrrole nitrogens is 1. The van der Waals surface area contributed by atoms with Crippen molar-refractivity contribution in [3.63, 3.8) is 0 Å². The molecule has 2 rings (SSSR count). The van der Waals surface area contributed by atoms with Crippen molar-refractivity contribution in [3.8, 4) is 17.0 Å². The van der Waals surface area contributed by atoms with E-state index in [2.05, 4.69) is 4.98 Å². The molecule has 116 valence electrons. The zero-order chi connectivity index (χ0) is 16.6. The summed E-state index contributed by atoms with van der Waals surface area (Å²) in [7, 11) is 1.19. The predicted molar refractivity (Wildman–Crippen MR) is 76.3 cm³/mol. The van der Waals surface area contributed by atoms with Gasteiger partial charge in [-0.25, -0.2) is 9.18 Å². The van der Waals surface area contributed by atoms with Crippen LogP contribution in [-0.4, -0.2) is 18.2 Å². The molecule has 0 aliphatic carbocycles. The Morgan fingerprint density at radius 3 is 2.50 bits per heavy atom. The van der Waals surface area contributed by atoms with E-state index in [4.69, 9.17) is 38.8 Å². The number of hydrogen-bond acceptors (Lipinski definition) is 3. The minimum absolute atomic E-state index is 0.0236. The minimum Gasteiger partial charge on any atom is -0.492 e.